The van der Waals surface area contributed by atoms with E-state index in [2.05, 4.69) is 37.2 Å². The van der Waals surface area contributed by atoms with Crippen molar-refractivity contribution in [1.82, 2.24) is 4.90 Å². The van der Waals surface area contributed by atoms with Crippen LogP contribution < -0.4 is 4.74 Å². The maximum absolute atomic E-state index is 5.84. The van der Waals surface area contributed by atoms with Gasteiger partial charge < -0.3 is 9.64 Å². The molecule has 0 saturated carbocycles. The topological polar surface area (TPSA) is 12.5 Å². The lowest BCUT2D eigenvalue weighted by Gasteiger charge is -2.12. The van der Waals surface area contributed by atoms with Gasteiger partial charge in [0.2, 0.25) is 0 Å². The zero-order chi connectivity index (χ0) is 12.8. The second-order valence-electron chi connectivity index (χ2n) is 5.50. The predicted octanol–water partition coefficient (Wildman–Crippen LogP) is 3.71. The van der Waals surface area contributed by atoms with Gasteiger partial charge in [-0.3, -0.25) is 0 Å². The molecule has 19 heavy (non-hydrogen) atoms. The molecule has 3 heteroatoms. The highest BCUT2D eigenvalue weighted by molar-refractivity contribution is 5.85. The van der Waals surface area contributed by atoms with E-state index in [4.69, 9.17) is 4.74 Å². The van der Waals surface area contributed by atoms with E-state index < -0.39 is 0 Å². The van der Waals surface area contributed by atoms with Crippen molar-refractivity contribution in [3.8, 4) is 5.75 Å². The quantitative estimate of drug-likeness (QED) is 0.603. The number of aryl methyl sites for hydroxylation is 2. The maximum atomic E-state index is 5.84. The largest absolute Gasteiger partial charge is 0.494 e. The number of hydrogen-bond acceptors (Lipinski definition) is 2. The molecule has 0 saturated heterocycles. The van der Waals surface area contributed by atoms with Crippen LogP contribution in [-0.4, -0.2) is 32.1 Å². The number of hydrogen-bond donors (Lipinski definition) is 0. The molecular weight excluding hydrogens is 258 g/mol. The van der Waals surface area contributed by atoms with Crippen molar-refractivity contribution in [2.45, 2.75) is 38.5 Å². The molecule has 0 N–H and O–H groups in total. The fraction of sp³-hybridized carbons (Fsp3) is 0.625. The Labute approximate surface area is 123 Å². The van der Waals surface area contributed by atoms with Gasteiger partial charge in [-0.1, -0.05) is 12.5 Å². The van der Waals surface area contributed by atoms with E-state index >= 15 is 0 Å². The van der Waals surface area contributed by atoms with Gasteiger partial charge in [-0.25, -0.2) is 0 Å². The van der Waals surface area contributed by atoms with Gasteiger partial charge in [-0.2, -0.15) is 0 Å². The lowest BCUT2D eigenvalue weighted by molar-refractivity contribution is 0.281. The van der Waals surface area contributed by atoms with Gasteiger partial charge in [0, 0.05) is 6.54 Å². The van der Waals surface area contributed by atoms with Crippen LogP contribution in [0.5, 0.6) is 5.75 Å². The first-order chi connectivity index (χ1) is 8.75. The van der Waals surface area contributed by atoms with Crippen LogP contribution in [0.3, 0.4) is 0 Å². The van der Waals surface area contributed by atoms with Crippen molar-refractivity contribution < 1.29 is 4.74 Å². The van der Waals surface area contributed by atoms with Crippen LogP contribution in [0.25, 0.3) is 0 Å². The summed E-state index contributed by atoms with van der Waals surface area (Å²) in [6.45, 7) is 1.90. The molecule has 1 aliphatic rings. The van der Waals surface area contributed by atoms with Gasteiger partial charge in [0.15, 0.2) is 0 Å². The average Bonchev–Trinajstić information content (AvgIpc) is 2.59. The molecule has 0 heterocycles. The zero-order valence-corrected chi connectivity index (χ0v) is 13.0. The Bertz CT molecular complexity index is 379. The van der Waals surface area contributed by atoms with E-state index in [1.807, 2.05) is 0 Å². The van der Waals surface area contributed by atoms with Crippen molar-refractivity contribution in [2.24, 2.45) is 0 Å². The summed E-state index contributed by atoms with van der Waals surface area (Å²) in [6, 6.07) is 6.66. The Balaban J connectivity index is 0.00000180. The van der Waals surface area contributed by atoms with Crippen LogP contribution >= 0.6 is 12.4 Å². The van der Waals surface area contributed by atoms with E-state index in [0.29, 0.717) is 0 Å². The lowest BCUT2D eigenvalue weighted by Crippen LogP contribution is -2.15. The Kier molecular flexibility index (Phi) is 7.25. The van der Waals surface area contributed by atoms with Crippen molar-refractivity contribution in [3.05, 3.63) is 29.3 Å². The third-order valence-corrected chi connectivity index (χ3v) is 3.59. The summed E-state index contributed by atoms with van der Waals surface area (Å²) in [5.74, 6) is 1.05. The summed E-state index contributed by atoms with van der Waals surface area (Å²) in [5, 5.41) is 0. The van der Waals surface area contributed by atoms with E-state index in [1.54, 1.807) is 0 Å². The molecule has 1 aliphatic carbocycles. The Morgan fingerprint density at radius 2 is 1.79 bits per heavy atom. The Morgan fingerprint density at radius 1 is 1.05 bits per heavy atom. The Hall–Kier alpha value is -0.730. The van der Waals surface area contributed by atoms with E-state index in [1.165, 1.54) is 43.2 Å². The highest BCUT2D eigenvalue weighted by atomic mass is 35.5. The lowest BCUT2D eigenvalue weighted by atomic mass is 10.0. The first-order valence-electron chi connectivity index (χ1n) is 7.15. The van der Waals surface area contributed by atoms with Crippen LogP contribution in [0.15, 0.2) is 18.2 Å². The molecule has 0 unspecified atom stereocenters. The molecule has 0 spiro atoms. The summed E-state index contributed by atoms with van der Waals surface area (Å²) in [7, 11) is 4.20. The van der Waals surface area contributed by atoms with Crippen LogP contribution in [0.1, 0.15) is 36.8 Å². The summed E-state index contributed by atoms with van der Waals surface area (Å²) in [4.78, 5) is 2.19. The SMILES string of the molecule is CN(C)CCCOc1ccc2c(c1)CCCCC2.Cl. The molecule has 0 radical (unpaired) electrons. The number of fused-ring (bicyclic) bond motifs is 1. The van der Waals surface area contributed by atoms with Gasteiger partial charge in [-0.15, -0.1) is 12.4 Å². The summed E-state index contributed by atoms with van der Waals surface area (Å²) >= 11 is 0. The van der Waals surface area contributed by atoms with Crippen LogP contribution in [-0.2, 0) is 12.8 Å². The number of benzene rings is 1. The fourth-order valence-corrected chi connectivity index (χ4v) is 2.55. The predicted molar refractivity (Wildman–Crippen MR) is 83.6 cm³/mol. The molecule has 0 atom stereocenters. The average molecular weight is 284 g/mol. The minimum atomic E-state index is 0. The number of nitrogens with zero attached hydrogens (tertiary/aromatic N) is 1. The molecule has 0 amide bonds. The summed E-state index contributed by atoms with van der Waals surface area (Å²) in [6.07, 6.45) is 7.60. The van der Waals surface area contributed by atoms with Gasteiger partial charge in [0.1, 0.15) is 5.75 Å². The maximum Gasteiger partial charge on any atom is 0.119 e. The smallest absolute Gasteiger partial charge is 0.119 e. The molecule has 0 aliphatic heterocycles. The molecule has 2 rings (SSSR count). The molecule has 0 fully saturated rings. The first-order valence-corrected chi connectivity index (χ1v) is 7.15. The number of halogens is 1. The van der Waals surface area contributed by atoms with Gasteiger partial charge >= 0.3 is 0 Å². The fourth-order valence-electron chi connectivity index (χ4n) is 2.55. The monoisotopic (exact) mass is 283 g/mol. The van der Waals surface area contributed by atoms with Crippen LogP contribution in [0, 0.1) is 0 Å². The standard InChI is InChI=1S/C16H25NO.ClH/c1-17(2)11-6-12-18-16-10-9-14-7-4-3-5-8-15(14)13-16;/h9-10,13H,3-8,11-12H2,1-2H3;1H. The molecule has 0 bridgehead atoms. The second-order valence-corrected chi connectivity index (χ2v) is 5.50. The summed E-state index contributed by atoms with van der Waals surface area (Å²) < 4.78 is 5.84. The van der Waals surface area contributed by atoms with Crippen molar-refractivity contribution in [1.29, 1.82) is 0 Å². The van der Waals surface area contributed by atoms with Gasteiger partial charge in [-0.05, 0) is 69.5 Å². The van der Waals surface area contributed by atoms with E-state index in [-0.39, 0.29) is 12.4 Å². The molecule has 1 aromatic carbocycles. The van der Waals surface area contributed by atoms with Crippen LogP contribution in [0.2, 0.25) is 0 Å². The number of rotatable bonds is 5. The van der Waals surface area contributed by atoms with E-state index in [9.17, 15) is 0 Å². The third-order valence-electron chi connectivity index (χ3n) is 3.59. The first kappa shape index (κ1) is 16.3. The highest BCUT2D eigenvalue weighted by Gasteiger charge is 2.08. The van der Waals surface area contributed by atoms with Crippen LogP contribution in [0.4, 0.5) is 0 Å². The third kappa shape index (κ3) is 5.42. The second kappa shape index (κ2) is 8.44. The van der Waals surface area contributed by atoms with Gasteiger partial charge in [0.05, 0.1) is 6.61 Å². The molecule has 2 nitrogen and oxygen atoms in total. The molecule has 0 aromatic heterocycles. The molecule has 1 aromatic rings. The molecule has 108 valence electrons. The van der Waals surface area contributed by atoms with Gasteiger partial charge in [0.25, 0.3) is 0 Å². The summed E-state index contributed by atoms with van der Waals surface area (Å²) in [5.41, 5.74) is 3.05. The zero-order valence-electron chi connectivity index (χ0n) is 12.2. The normalized spacial score (nSPS) is 14.5. The minimum Gasteiger partial charge on any atom is -0.494 e. The number of ether oxygens (including phenoxy) is 1. The highest BCUT2D eigenvalue weighted by Crippen LogP contribution is 2.24. The molecular formula is C16H26ClNO. The van der Waals surface area contributed by atoms with Crippen molar-refractivity contribution in [2.75, 3.05) is 27.2 Å². The van der Waals surface area contributed by atoms with Crippen molar-refractivity contribution >= 4 is 12.4 Å². The van der Waals surface area contributed by atoms with E-state index in [0.717, 1.165) is 25.3 Å². The Morgan fingerprint density at radius 3 is 2.53 bits per heavy atom. The van der Waals surface area contributed by atoms with Crippen molar-refractivity contribution in [3.63, 3.8) is 0 Å². The minimum absolute atomic E-state index is 0.